The van der Waals surface area contributed by atoms with E-state index in [-0.39, 0.29) is 11.7 Å². The second-order valence-electron chi connectivity index (χ2n) is 4.08. The van der Waals surface area contributed by atoms with Crippen molar-refractivity contribution >= 4 is 17.4 Å². The minimum atomic E-state index is 0.0948. The largest absolute Gasteiger partial charge is 0.294 e. The monoisotopic (exact) mass is 220 g/mol. The fourth-order valence-electron chi connectivity index (χ4n) is 2.11. The van der Waals surface area contributed by atoms with Gasteiger partial charge < -0.3 is 0 Å². The van der Waals surface area contributed by atoms with Crippen molar-refractivity contribution in [2.75, 3.05) is 0 Å². The first-order valence-electron chi connectivity index (χ1n) is 5.10. The second-order valence-corrected chi connectivity index (χ2v) is 4.30. The highest BCUT2D eigenvalue weighted by Gasteiger charge is 2.29. The third kappa shape index (κ3) is 1.98. The van der Waals surface area contributed by atoms with Crippen molar-refractivity contribution in [2.45, 2.75) is 19.8 Å². The van der Waals surface area contributed by atoms with Gasteiger partial charge in [0.15, 0.2) is 5.78 Å². The van der Waals surface area contributed by atoms with Crippen LogP contribution in [0.25, 0.3) is 0 Å². The minimum Gasteiger partial charge on any atom is -0.294 e. The van der Waals surface area contributed by atoms with Crippen molar-refractivity contribution in [1.82, 2.24) is 0 Å². The molecule has 2 heteroatoms. The summed E-state index contributed by atoms with van der Waals surface area (Å²) in [6, 6.07) is 7.85. The summed E-state index contributed by atoms with van der Waals surface area (Å²) in [5.41, 5.74) is 4.71. The fraction of sp³-hybridized carbons (Fsp3) is 0.308. The van der Waals surface area contributed by atoms with E-state index in [4.69, 9.17) is 11.6 Å². The van der Waals surface area contributed by atoms with Gasteiger partial charge in [0.1, 0.15) is 0 Å². The van der Waals surface area contributed by atoms with E-state index in [0.717, 1.165) is 24.0 Å². The normalized spacial score (nSPS) is 20.5. The molecule has 0 aliphatic heterocycles. The van der Waals surface area contributed by atoms with Gasteiger partial charge in [-0.2, -0.15) is 0 Å². The highest BCUT2D eigenvalue weighted by molar-refractivity contribution is 6.25. The van der Waals surface area contributed by atoms with E-state index < -0.39 is 0 Å². The van der Waals surface area contributed by atoms with E-state index in [1.807, 2.05) is 31.2 Å². The fourth-order valence-corrected chi connectivity index (χ4v) is 2.20. The second kappa shape index (κ2) is 4.19. The Bertz CT molecular complexity index is 420. The Morgan fingerprint density at radius 3 is 2.93 bits per heavy atom. The standard InChI is InChI=1S/C13H13ClO/c1-9(8-14)6-11-7-10-4-2-3-5-12(10)13(11)15/h2-5,8,11H,6-7H2,1H3/b9-8-. The van der Waals surface area contributed by atoms with Gasteiger partial charge in [-0.3, -0.25) is 4.79 Å². The van der Waals surface area contributed by atoms with E-state index in [1.165, 1.54) is 5.56 Å². The van der Waals surface area contributed by atoms with Gasteiger partial charge in [0.25, 0.3) is 0 Å². The molecular formula is C13H13ClO. The maximum Gasteiger partial charge on any atom is 0.166 e. The van der Waals surface area contributed by atoms with Gasteiger partial charge in [0.2, 0.25) is 0 Å². The molecule has 0 fully saturated rings. The summed E-state index contributed by atoms with van der Waals surface area (Å²) in [6.45, 7) is 1.96. The van der Waals surface area contributed by atoms with E-state index in [9.17, 15) is 4.79 Å². The van der Waals surface area contributed by atoms with Crippen molar-refractivity contribution < 1.29 is 4.79 Å². The number of rotatable bonds is 2. The van der Waals surface area contributed by atoms with Gasteiger partial charge >= 0.3 is 0 Å². The molecule has 1 aromatic rings. The van der Waals surface area contributed by atoms with Crippen molar-refractivity contribution in [3.8, 4) is 0 Å². The van der Waals surface area contributed by atoms with Gasteiger partial charge in [-0.05, 0) is 25.3 Å². The number of halogens is 1. The van der Waals surface area contributed by atoms with Crippen molar-refractivity contribution in [3.05, 3.63) is 46.5 Å². The number of carbonyl (C=O) groups excluding carboxylic acids is 1. The summed E-state index contributed by atoms with van der Waals surface area (Å²) in [5.74, 6) is 0.362. The molecule has 1 aliphatic carbocycles. The average Bonchev–Trinajstić information content (AvgIpc) is 2.57. The summed E-state index contributed by atoms with van der Waals surface area (Å²) >= 11 is 5.62. The van der Waals surface area contributed by atoms with Crippen LogP contribution in [0.3, 0.4) is 0 Å². The minimum absolute atomic E-state index is 0.0948. The number of benzene rings is 1. The summed E-state index contributed by atoms with van der Waals surface area (Å²) in [7, 11) is 0. The van der Waals surface area contributed by atoms with Gasteiger partial charge in [-0.25, -0.2) is 0 Å². The topological polar surface area (TPSA) is 17.1 Å². The number of hydrogen-bond donors (Lipinski definition) is 0. The molecule has 1 aliphatic rings. The predicted molar refractivity (Wildman–Crippen MR) is 62.2 cm³/mol. The molecule has 0 amide bonds. The lowest BCUT2D eigenvalue weighted by molar-refractivity contribution is 0.0936. The Kier molecular flexibility index (Phi) is 2.92. The molecule has 0 radical (unpaired) electrons. The molecule has 2 rings (SSSR count). The SMILES string of the molecule is C/C(=C/Cl)CC1Cc2ccccc2C1=O. The summed E-state index contributed by atoms with van der Waals surface area (Å²) in [5, 5.41) is 0. The van der Waals surface area contributed by atoms with Crippen LogP contribution in [0, 0.1) is 5.92 Å². The Morgan fingerprint density at radius 2 is 2.27 bits per heavy atom. The van der Waals surface area contributed by atoms with E-state index in [2.05, 4.69) is 0 Å². The molecule has 15 heavy (non-hydrogen) atoms. The van der Waals surface area contributed by atoms with Gasteiger partial charge in [-0.15, -0.1) is 0 Å². The Hall–Kier alpha value is -1.08. The maximum absolute atomic E-state index is 12.0. The van der Waals surface area contributed by atoms with E-state index in [1.54, 1.807) is 5.54 Å². The molecule has 0 saturated heterocycles. The zero-order valence-electron chi connectivity index (χ0n) is 8.66. The molecule has 1 unspecified atom stereocenters. The summed E-state index contributed by atoms with van der Waals surface area (Å²) in [6.07, 6.45) is 1.63. The third-order valence-electron chi connectivity index (χ3n) is 2.87. The summed E-state index contributed by atoms with van der Waals surface area (Å²) in [4.78, 5) is 12.0. The zero-order valence-corrected chi connectivity index (χ0v) is 9.42. The zero-order chi connectivity index (χ0) is 10.8. The van der Waals surface area contributed by atoms with Gasteiger partial charge in [0, 0.05) is 17.0 Å². The lowest BCUT2D eigenvalue weighted by atomic mass is 9.97. The lowest BCUT2D eigenvalue weighted by Crippen LogP contribution is -2.09. The van der Waals surface area contributed by atoms with Crippen LogP contribution in [0.15, 0.2) is 35.4 Å². The molecule has 78 valence electrons. The number of ketones is 1. The maximum atomic E-state index is 12.0. The van der Waals surface area contributed by atoms with Crippen LogP contribution < -0.4 is 0 Å². The smallest absolute Gasteiger partial charge is 0.166 e. The number of allylic oxidation sites excluding steroid dienone is 1. The van der Waals surface area contributed by atoms with Crippen LogP contribution in [-0.2, 0) is 6.42 Å². The van der Waals surface area contributed by atoms with Crippen molar-refractivity contribution in [2.24, 2.45) is 5.92 Å². The molecular weight excluding hydrogens is 208 g/mol. The molecule has 1 aromatic carbocycles. The van der Waals surface area contributed by atoms with Crippen LogP contribution in [-0.4, -0.2) is 5.78 Å². The Morgan fingerprint density at radius 1 is 1.53 bits per heavy atom. The van der Waals surface area contributed by atoms with Gasteiger partial charge in [-0.1, -0.05) is 41.4 Å². The molecule has 0 saturated carbocycles. The number of hydrogen-bond acceptors (Lipinski definition) is 1. The molecule has 0 spiro atoms. The molecule has 0 bridgehead atoms. The number of Topliss-reactive ketones (excluding diaryl/α,β-unsaturated/α-hetero) is 1. The first-order chi connectivity index (χ1) is 7.22. The van der Waals surface area contributed by atoms with Crippen molar-refractivity contribution in [3.63, 3.8) is 0 Å². The summed E-state index contributed by atoms with van der Waals surface area (Å²) < 4.78 is 0. The lowest BCUT2D eigenvalue weighted by Gasteiger charge is -2.06. The van der Waals surface area contributed by atoms with Gasteiger partial charge in [0.05, 0.1) is 0 Å². The van der Waals surface area contributed by atoms with Crippen LogP contribution in [0.4, 0.5) is 0 Å². The van der Waals surface area contributed by atoms with Crippen LogP contribution in [0.1, 0.15) is 29.3 Å². The molecule has 0 aromatic heterocycles. The Balaban J connectivity index is 2.20. The molecule has 1 nitrogen and oxygen atoms in total. The predicted octanol–water partition coefficient (Wildman–Crippen LogP) is 3.57. The highest BCUT2D eigenvalue weighted by Crippen LogP contribution is 2.30. The van der Waals surface area contributed by atoms with Crippen LogP contribution >= 0.6 is 11.6 Å². The van der Waals surface area contributed by atoms with Crippen LogP contribution in [0.2, 0.25) is 0 Å². The van der Waals surface area contributed by atoms with Crippen LogP contribution in [0.5, 0.6) is 0 Å². The highest BCUT2D eigenvalue weighted by atomic mass is 35.5. The first-order valence-corrected chi connectivity index (χ1v) is 5.54. The van der Waals surface area contributed by atoms with Crippen molar-refractivity contribution in [1.29, 1.82) is 0 Å². The van der Waals surface area contributed by atoms with E-state index >= 15 is 0 Å². The molecule has 0 heterocycles. The average molecular weight is 221 g/mol. The number of carbonyl (C=O) groups is 1. The Labute approximate surface area is 94.8 Å². The first kappa shape index (κ1) is 10.4. The third-order valence-corrected chi connectivity index (χ3v) is 3.25. The van der Waals surface area contributed by atoms with E-state index in [0.29, 0.717) is 0 Å². The molecule has 1 atom stereocenters. The number of fused-ring (bicyclic) bond motifs is 1. The quantitative estimate of drug-likeness (QED) is 0.745. The molecule has 0 N–H and O–H groups in total.